The fraction of sp³-hybridized carbons (Fsp3) is 0.450. The summed E-state index contributed by atoms with van der Waals surface area (Å²) in [7, 11) is 0. The molecule has 1 aromatic carbocycles. The van der Waals surface area contributed by atoms with Crippen LogP contribution in [-0.4, -0.2) is 12.6 Å². The third-order valence-electron chi connectivity index (χ3n) is 3.38. The van der Waals surface area contributed by atoms with Gasteiger partial charge in [0, 0.05) is 5.57 Å². The Kier molecular flexibility index (Phi) is 11.8. The van der Waals surface area contributed by atoms with Gasteiger partial charge in [0.1, 0.15) is 0 Å². The number of unbranched alkanes of at least 4 members (excludes halogenated alkanes) is 1. The standard InChI is InChI=1S/C12H22O2.C8H8/c1-5-7-8-11(6-2)9-14-12(13)10(3)4;1-2-8-6-4-3-5-7-8/h11H,3,5-9H2,1-2,4H3;2-7H,1H2. The first kappa shape index (κ1) is 20.2. The van der Waals surface area contributed by atoms with E-state index in [2.05, 4.69) is 27.0 Å². The maximum atomic E-state index is 11.1. The van der Waals surface area contributed by atoms with Gasteiger partial charge in [0.05, 0.1) is 6.61 Å². The van der Waals surface area contributed by atoms with Crippen molar-refractivity contribution in [2.24, 2.45) is 5.92 Å². The molecule has 0 fully saturated rings. The number of rotatable bonds is 8. The summed E-state index contributed by atoms with van der Waals surface area (Å²) >= 11 is 0. The Labute approximate surface area is 135 Å². The normalized spacial score (nSPS) is 10.9. The van der Waals surface area contributed by atoms with Gasteiger partial charge in [-0.2, -0.15) is 0 Å². The lowest BCUT2D eigenvalue weighted by Gasteiger charge is -2.14. The van der Waals surface area contributed by atoms with Crippen molar-refractivity contribution >= 4 is 12.0 Å². The molecule has 0 saturated heterocycles. The average Bonchev–Trinajstić information content (AvgIpc) is 2.56. The zero-order chi connectivity index (χ0) is 16.8. The number of esters is 1. The molecule has 1 rings (SSSR count). The Hall–Kier alpha value is -1.83. The number of ether oxygens (including phenoxy) is 1. The van der Waals surface area contributed by atoms with Crippen LogP contribution in [-0.2, 0) is 9.53 Å². The predicted molar refractivity (Wildman–Crippen MR) is 95.6 cm³/mol. The summed E-state index contributed by atoms with van der Waals surface area (Å²) in [5.74, 6) is 0.248. The number of benzene rings is 1. The SMILES string of the molecule is C=C(C)C(=O)OCC(CC)CCCC.C=Cc1ccccc1. The van der Waals surface area contributed by atoms with Crippen LogP contribution in [0.3, 0.4) is 0 Å². The molecule has 0 bridgehead atoms. The molecule has 1 atom stereocenters. The van der Waals surface area contributed by atoms with Crippen molar-refractivity contribution in [1.29, 1.82) is 0 Å². The first-order valence-electron chi connectivity index (χ1n) is 8.05. The van der Waals surface area contributed by atoms with Crippen molar-refractivity contribution in [2.75, 3.05) is 6.61 Å². The summed E-state index contributed by atoms with van der Waals surface area (Å²) in [5, 5.41) is 0. The largest absolute Gasteiger partial charge is 0.462 e. The van der Waals surface area contributed by atoms with Crippen LogP contribution in [0.5, 0.6) is 0 Å². The van der Waals surface area contributed by atoms with E-state index in [4.69, 9.17) is 4.74 Å². The molecule has 0 heterocycles. The Balaban J connectivity index is 0.000000461. The number of hydrogen-bond donors (Lipinski definition) is 0. The van der Waals surface area contributed by atoms with Crippen molar-refractivity contribution in [3.63, 3.8) is 0 Å². The Morgan fingerprint density at radius 3 is 2.32 bits per heavy atom. The van der Waals surface area contributed by atoms with Crippen LogP contribution >= 0.6 is 0 Å². The molecular weight excluding hydrogens is 272 g/mol. The van der Waals surface area contributed by atoms with E-state index < -0.39 is 0 Å². The second-order valence-corrected chi connectivity index (χ2v) is 5.41. The molecule has 1 aromatic rings. The van der Waals surface area contributed by atoms with Crippen LogP contribution in [0, 0.1) is 5.92 Å². The Morgan fingerprint density at radius 2 is 1.91 bits per heavy atom. The zero-order valence-corrected chi connectivity index (χ0v) is 14.3. The van der Waals surface area contributed by atoms with E-state index in [0.717, 1.165) is 12.8 Å². The van der Waals surface area contributed by atoms with E-state index in [9.17, 15) is 4.79 Å². The molecule has 0 aliphatic carbocycles. The van der Waals surface area contributed by atoms with Gasteiger partial charge in [0.2, 0.25) is 0 Å². The predicted octanol–water partition coefficient (Wildman–Crippen LogP) is 5.65. The van der Waals surface area contributed by atoms with Gasteiger partial charge in [0.15, 0.2) is 0 Å². The van der Waals surface area contributed by atoms with Gasteiger partial charge in [-0.25, -0.2) is 4.79 Å². The molecular formula is C20H30O2. The highest BCUT2D eigenvalue weighted by Gasteiger charge is 2.09. The highest BCUT2D eigenvalue weighted by Crippen LogP contribution is 2.13. The van der Waals surface area contributed by atoms with Crippen molar-refractivity contribution in [1.82, 2.24) is 0 Å². The maximum absolute atomic E-state index is 11.1. The number of carbonyl (C=O) groups is 1. The summed E-state index contributed by atoms with van der Waals surface area (Å²) in [6.45, 7) is 13.7. The molecule has 0 aromatic heterocycles. The molecule has 0 saturated carbocycles. The summed E-state index contributed by atoms with van der Waals surface area (Å²) < 4.78 is 5.12. The minimum absolute atomic E-state index is 0.264. The number of carbonyl (C=O) groups excluding carboxylic acids is 1. The Bertz CT molecular complexity index is 434. The molecule has 1 unspecified atom stereocenters. The average molecular weight is 302 g/mol. The molecule has 0 aliphatic heterocycles. The molecule has 2 heteroatoms. The van der Waals surface area contributed by atoms with Gasteiger partial charge in [-0.3, -0.25) is 0 Å². The monoisotopic (exact) mass is 302 g/mol. The third kappa shape index (κ3) is 9.98. The van der Waals surface area contributed by atoms with Crippen LogP contribution in [0.1, 0.15) is 52.0 Å². The minimum Gasteiger partial charge on any atom is -0.462 e. The lowest BCUT2D eigenvalue weighted by molar-refractivity contribution is -0.140. The quantitative estimate of drug-likeness (QED) is 0.458. The first-order valence-corrected chi connectivity index (χ1v) is 8.05. The van der Waals surface area contributed by atoms with Crippen molar-refractivity contribution in [3.05, 3.63) is 54.6 Å². The van der Waals surface area contributed by atoms with E-state index in [1.807, 2.05) is 36.4 Å². The van der Waals surface area contributed by atoms with Crippen molar-refractivity contribution < 1.29 is 9.53 Å². The molecule has 0 amide bonds. The molecule has 0 N–H and O–H groups in total. The summed E-state index contributed by atoms with van der Waals surface area (Å²) in [5.41, 5.74) is 1.66. The summed E-state index contributed by atoms with van der Waals surface area (Å²) in [6.07, 6.45) is 6.47. The molecule has 0 aliphatic rings. The van der Waals surface area contributed by atoms with E-state index in [1.165, 1.54) is 18.4 Å². The lowest BCUT2D eigenvalue weighted by atomic mass is 10.0. The molecule has 22 heavy (non-hydrogen) atoms. The van der Waals surface area contributed by atoms with Gasteiger partial charge in [-0.1, -0.05) is 82.7 Å². The fourth-order valence-corrected chi connectivity index (χ4v) is 1.80. The van der Waals surface area contributed by atoms with Crippen LogP contribution in [0.2, 0.25) is 0 Å². The fourth-order valence-electron chi connectivity index (χ4n) is 1.80. The summed E-state index contributed by atoms with van der Waals surface area (Å²) in [4.78, 5) is 11.1. The molecule has 0 spiro atoms. The lowest BCUT2D eigenvalue weighted by Crippen LogP contribution is -2.14. The first-order chi connectivity index (χ1) is 10.5. The zero-order valence-electron chi connectivity index (χ0n) is 14.3. The van der Waals surface area contributed by atoms with E-state index >= 15 is 0 Å². The number of hydrogen-bond acceptors (Lipinski definition) is 2. The smallest absolute Gasteiger partial charge is 0.333 e. The van der Waals surface area contributed by atoms with Gasteiger partial charge in [-0.15, -0.1) is 0 Å². The molecule has 0 radical (unpaired) electrons. The Morgan fingerprint density at radius 1 is 1.27 bits per heavy atom. The van der Waals surface area contributed by atoms with Crippen molar-refractivity contribution in [3.8, 4) is 0 Å². The second kappa shape index (κ2) is 12.9. The highest BCUT2D eigenvalue weighted by atomic mass is 16.5. The molecule has 2 nitrogen and oxygen atoms in total. The van der Waals surface area contributed by atoms with Gasteiger partial charge >= 0.3 is 5.97 Å². The summed E-state index contributed by atoms with van der Waals surface area (Å²) in [6, 6.07) is 10.0. The van der Waals surface area contributed by atoms with Gasteiger partial charge < -0.3 is 4.74 Å². The highest BCUT2D eigenvalue weighted by molar-refractivity contribution is 5.86. The second-order valence-electron chi connectivity index (χ2n) is 5.41. The topological polar surface area (TPSA) is 26.3 Å². The minimum atomic E-state index is -0.264. The van der Waals surface area contributed by atoms with Crippen molar-refractivity contribution in [2.45, 2.75) is 46.5 Å². The van der Waals surface area contributed by atoms with E-state index in [0.29, 0.717) is 18.1 Å². The maximum Gasteiger partial charge on any atom is 0.333 e. The van der Waals surface area contributed by atoms with Gasteiger partial charge in [-0.05, 0) is 24.8 Å². The van der Waals surface area contributed by atoms with E-state index in [-0.39, 0.29) is 5.97 Å². The van der Waals surface area contributed by atoms with E-state index in [1.54, 1.807) is 6.92 Å². The van der Waals surface area contributed by atoms with Crippen LogP contribution in [0.4, 0.5) is 0 Å². The third-order valence-corrected chi connectivity index (χ3v) is 3.38. The van der Waals surface area contributed by atoms with Crippen LogP contribution < -0.4 is 0 Å². The van der Waals surface area contributed by atoms with Crippen LogP contribution in [0.25, 0.3) is 6.08 Å². The van der Waals surface area contributed by atoms with Crippen LogP contribution in [0.15, 0.2) is 49.1 Å². The van der Waals surface area contributed by atoms with Gasteiger partial charge in [0.25, 0.3) is 0 Å². The molecule has 122 valence electrons.